The van der Waals surface area contributed by atoms with Crippen molar-refractivity contribution in [3.8, 4) is 11.5 Å². The van der Waals surface area contributed by atoms with Gasteiger partial charge in [-0.25, -0.2) is 16.8 Å². The fraction of sp³-hybridized carbons (Fsp3) is 0. The van der Waals surface area contributed by atoms with Crippen LogP contribution < -0.4 is 0 Å². The Hall–Kier alpha value is 0.379. The Bertz CT molecular complexity index is 793. The summed E-state index contributed by atoms with van der Waals surface area (Å²) in [7, 11) is -9.07. The first-order valence-electron chi connectivity index (χ1n) is 5.51. The molecule has 24 heavy (non-hydrogen) atoms. The Morgan fingerprint density at radius 3 is 1.08 bits per heavy atom. The molecule has 0 heterocycles. The van der Waals surface area contributed by atoms with E-state index in [2.05, 4.69) is 0 Å². The fourth-order valence-electron chi connectivity index (χ4n) is 1.34. The van der Waals surface area contributed by atoms with Crippen LogP contribution in [0.2, 0.25) is 0 Å². The van der Waals surface area contributed by atoms with Crippen LogP contribution in [0.1, 0.15) is 0 Å². The number of hydrogen-bond donors (Lipinski definition) is 2. The zero-order valence-corrected chi connectivity index (χ0v) is 15.3. The van der Waals surface area contributed by atoms with Gasteiger partial charge < -0.3 is 19.3 Å². The summed E-state index contributed by atoms with van der Waals surface area (Å²) in [5.74, 6) is -1.02. The van der Waals surface area contributed by atoms with Crippen molar-refractivity contribution in [2.75, 3.05) is 0 Å². The molecule has 0 unspecified atom stereocenters. The maximum absolute atomic E-state index is 10.3. The van der Waals surface area contributed by atoms with Gasteiger partial charge in [0, 0.05) is 0 Å². The first kappa shape index (κ1) is 26.6. The van der Waals surface area contributed by atoms with Gasteiger partial charge in [-0.2, -0.15) is 0 Å². The van der Waals surface area contributed by atoms with E-state index in [9.17, 15) is 25.9 Å². The molecule has 0 aromatic heterocycles. The van der Waals surface area contributed by atoms with E-state index in [-0.39, 0.29) is 75.5 Å². The van der Waals surface area contributed by atoms with Gasteiger partial charge in [0.05, 0.1) is 9.79 Å². The third-order valence-electron chi connectivity index (χ3n) is 2.27. The average Bonchev–Trinajstić information content (AvgIpc) is 2.37. The molecule has 0 aliphatic rings. The monoisotopic (exact) mass is 428 g/mol. The first-order chi connectivity index (χ1) is 10.0. The zero-order chi connectivity index (χ0) is 17.0. The SMILES string of the molecule is O=S(=O)([O-])c1ccccc1O.O=S(=O)([O-])c1ccccc1O.[Ca+2].[CaH2]. The van der Waals surface area contributed by atoms with Crippen LogP contribution in [0.3, 0.4) is 0 Å². The third kappa shape index (κ3) is 8.65. The summed E-state index contributed by atoms with van der Waals surface area (Å²) in [6, 6.07) is 9.99. The van der Waals surface area contributed by atoms with Crippen LogP contribution in [0.5, 0.6) is 11.5 Å². The standard InChI is InChI=1S/2C6H6O4S.2Ca.2H/c2*7-5-3-1-2-4-6(5)11(8,9)10;;;;/h2*1-4,7H,(H,8,9,10);;;;/q;;;+2;;/p-2. The van der Waals surface area contributed by atoms with Gasteiger partial charge in [-0.05, 0) is 24.3 Å². The first-order valence-corrected chi connectivity index (χ1v) is 8.33. The van der Waals surface area contributed by atoms with Crippen LogP contribution in [-0.2, 0) is 20.2 Å². The quantitative estimate of drug-likeness (QED) is 0.470. The summed E-state index contributed by atoms with van der Waals surface area (Å²) in [5, 5.41) is 17.7. The molecule has 2 rings (SSSR count). The average molecular weight is 429 g/mol. The molecular weight excluding hydrogens is 416 g/mol. The Morgan fingerprint density at radius 2 is 0.917 bits per heavy atom. The number of rotatable bonds is 2. The van der Waals surface area contributed by atoms with Crippen LogP contribution in [0.15, 0.2) is 58.3 Å². The van der Waals surface area contributed by atoms with E-state index in [0.29, 0.717) is 0 Å². The Balaban J connectivity index is 0. The van der Waals surface area contributed by atoms with Crippen molar-refractivity contribution >= 4 is 95.7 Å². The summed E-state index contributed by atoms with van der Waals surface area (Å²) in [5.41, 5.74) is 0. The zero-order valence-electron chi connectivity index (χ0n) is 11.5. The predicted molar refractivity (Wildman–Crippen MR) is 86.4 cm³/mol. The molecular formula is C12H12Ca2O8S2. The van der Waals surface area contributed by atoms with Crippen molar-refractivity contribution in [2.24, 2.45) is 0 Å². The van der Waals surface area contributed by atoms with Crippen molar-refractivity contribution in [2.45, 2.75) is 9.79 Å². The van der Waals surface area contributed by atoms with Gasteiger partial charge in [-0.3, -0.25) is 0 Å². The van der Waals surface area contributed by atoms with E-state index in [1.54, 1.807) is 0 Å². The topological polar surface area (TPSA) is 155 Å². The summed E-state index contributed by atoms with van der Waals surface area (Å²) in [6.45, 7) is 0. The molecule has 8 nitrogen and oxygen atoms in total. The van der Waals surface area contributed by atoms with Gasteiger partial charge in [0.1, 0.15) is 31.7 Å². The summed E-state index contributed by atoms with van der Waals surface area (Å²) in [6.07, 6.45) is 0. The Labute approximate surface area is 199 Å². The predicted octanol–water partition coefficient (Wildman–Crippen LogP) is -0.704. The van der Waals surface area contributed by atoms with Crippen molar-refractivity contribution < 1.29 is 36.2 Å². The molecule has 0 amide bonds. The van der Waals surface area contributed by atoms with Crippen LogP contribution in [-0.4, -0.2) is 112 Å². The number of hydrogen-bond acceptors (Lipinski definition) is 8. The number of phenols is 2. The van der Waals surface area contributed by atoms with Gasteiger partial charge >= 0.3 is 75.5 Å². The molecule has 0 spiro atoms. The van der Waals surface area contributed by atoms with Gasteiger partial charge in [-0.15, -0.1) is 0 Å². The molecule has 0 fully saturated rings. The number of para-hydroxylation sites is 2. The fourth-order valence-corrected chi connectivity index (χ4v) is 2.48. The molecule has 0 radical (unpaired) electrons. The third-order valence-corrected chi connectivity index (χ3v) is 4.04. The van der Waals surface area contributed by atoms with Gasteiger partial charge in [0.2, 0.25) is 0 Å². The van der Waals surface area contributed by atoms with Gasteiger partial charge in [0.15, 0.2) is 0 Å². The number of aromatic hydroxyl groups is 2. The van der Waals surface area contributed by atoms with Crippen molar-refractivity contribution in [1.82, 2.24) is 0 Å². The maximum atomic E-state index is 10.3. The molecule has 0 saturated carbocycles. The van der Waals surface area contributed by atoms with E-state index in [1.807, 2.05) is 0 Å². The Morgan fingerprint density at radius 1 is 0.667 bits per heavy atom. The van der Waals surface area contributed by atoms with Crippen molar-refractivity contribution in [3.63, 3.8) is 0 Å². The summed E-state index contributed by atoms with van der Waals surface area (Å²) in [4.78, 5) is -1.17. The van der Waals surface area contributed by atoms with Crippen LogP contribution in [0, 0.1) is 0 Å². The second-order valence-electron chi connectivity index (χ2n) is 3.84. The van der Waals surface area contributed by atoms with Crippen molar-refractivity contribution in [1.29, 1.82) is 0 Å². The number of phenolic OH excluding ortho intramolecular Hbond substituents is 2. The van der Waals surface area contributed by atoms with Crippen LogP contribution >= 0.6 is 0 Å². The van der Waals surface area contributed by atoms with Gasteiger partial charge in [-0.1, -0.05) is 24.3 Å². The van der Waals surface area contributed by atoms with Gasteiger partial charge in [0.25, 0.3) is 0 Å². The van der Waals surface area contributed by atoms with E-state index in [4.69, 9.17) is 10.2 Å². The number of benzene rings is 2. The van der Waals surface area contributed by atoms with Crippen molar-refractivity contribution in [3.05, 3.63) is 48.5 Å². The van der Waals surface area contributed by atoms with E-state index in [0.717, 1.165) is 24.3 Å². The molecule has 0 atom stereocenters. The molecule has 0 aliphatic carbocycles. The summed E-state index contributed by atoms with van der Waals surface area (Å²) < 4.78 is 62.0. The molecule has 2 N–H and O–H groups in total. The molecule has 2 aromatic carbocycles. The van der Waals surface area contributed by atoms with Crippen LogP contribution in [0.4, 0.5) is 0 Å². The molecule has 124 valence electrons. The molecule has 2 aromatic rings. The van der Waals surface area contributed by atoms with E-state index < -0.39 is 41.5 Å². The van der Waals surface area contributed by atoms with E-state index in [1.165, 1.54) is 24.3 Å². The normalized spacial score (nSPS) is 10.4. The molecule has 0 aliphatic heterocycles. The second kappa shape index (κ2) is 11.2. The Kier molecular flexibility index (Phi) is 12.4. The minimum atomic E-state index is -4.53. The summed E-state index contributed by atoms with van der Waals surface area (Å²) >= 11 is 0. The molecule has 0 bridgehead atoms. The van der Waals surface area contributed by atoms with E-state index >= 15 is 0 Å². The molecule has 0 saturated heterocycles. The minimum absolute atomic E-state index is 0. The van der Waals surface area contributed by atoms with Crippen LogP contribution in [0.25, 0.3) is 0 Å². The second-order valence-corrected chi connectivity index (χ2v) is 6.54. The molecule has 12 heteroatoms.